The van der Waals surface area contributed by atoms with Crippen LogP contribution >= 0.6 is 13.4 Å². The van der Waals surface area contributed by atoms with Gasteiger partial charge in [0.05, 0.1) is 63.7 Å². The van der Waals surface area contributed by atoms with E-state index in [1.54, 1.807) is 42.7 Å². The first-order valence-corrected chi connectivity index (χ1v) is 24.5. The van der Waals surface area contributed by atoms with Crippen LogP contribution in [0.15, 0.2) is 54.1 Å². The Morgan fingerprint density at radius 3 is 2.59 bits per heavy atom. The van der Waals surface area contributed by atoms with Gasteiger partial charge >= 0.3 is 13.4 Å². The molecule has 2 bridgehead atoms. The van der Waals surface area contributed by atoms with Crippen molar-refractivity contribution in [3.63, 3.8) is 0 Å². The molecule has 0 spiro atoms. The van der Waals surface area contributed by atoms with E-state index in [9.17, 15) is 24.5 Å². The zero-order valence-electron chi connectivity index (χ0n) is 33.1. The molecule has 4 saturated heterocycles. The standard InChI is InChI=1S/C36H37FN10O12P2S2/c1-18(2)31(49)44-35-43-30-25(32(50)45-35)42-17-47(30)33-23(37)26-22(56-33)12-54-60(51,62)59-28-27-34(57-36(28,13-52-27)14-55-61(63,58-26)53-10-6-9-38)46-16-41-24-20(39-15-40-29(24)46)11-21(48)19-7-4-3-5-8-19/h3-5,7-8,15-18,22-23,26-28,33-34H,6,10-14H2,1-2H3,(H,51,62)(H2,43,44,45,49,50)/t22-,23-,26-,27-,28+,33-,34-,36+,60?,61?/m1/s1. The summed E-state index contributed by atoms with van der Waals surface area (Å²) in [5, 5.41) is 11.8. The van der Waals surface area contributed by atoms with Gasteiger partial charge in [0.2, 0.25) is 11.9 Å². The van der Waals surface area contributed by atoms with Crippen LogP contribution in [0, 0.1) is 17.2 Å². The van der Waals surface area contributed by atoms with Gasteiger partial charge in [-0.15, -0.1) is 0 Å². The smallest absolute Gasteiger partial charge is 0.327 e. The maximum atomic E-state index is 16.9. The molecule has 5 aromatic rings. The number of imidazole rings is 2. The number of aromatic nitrogens is 8. The molecular weight excluding hydrogens is 910 g/mol. The van der Waals surface area contributed by atoms with Crippen LogP contribution in [0.1, 0.15) is 48.8 Å². The third-order valence-corrected chi connectivity index (χ3v) is 14.6. The molecule has 4 aromatic heterocycles. The van der Waals surface area contributed by atoms with Crippen molar-refractivity contribution in [2.75, 3.05) is 31.7 Å². The number of carbonyl (C=O) groups excluding carboxylic acids is 2. The first-order valence-electron chi connectivity index (χ1n) is 19.4. The van der Waals surface area contributed by atoms with Crippen molar-refractivity contribution >= 4 is 77.0 Å². The van der Waals surface area contributed by atoms with Gasteiger partial charge in [0, 0.05) is 11.5 Å². The predicted molar refractivity (Wildman–Crippen MR) is 221 cm³/mol. The number of nitriles is 1. The van der Waals surface area contributed by atoms with E-state index >= 15 is 4.39 Å². The lowest BCUT2D eigenvalue weighted by molar-refractivity contribution is -0.183. The van der Waals surface area contributed by atoms with E-state index < -0.39 is 92.7 Å². The van der Waals surface area contributed by atoms with Crippen LogP contribution < -0.4 is 10.9 Å². The number of benzene rings is 1. The lowest BCUT2D eigenvalue weighted by Gasteiger charge is -2.35. The van der Waals surface area contributed by atoms with E-state index in [4.69, 9.17) is 60.4 Å². The highest BCUT2D eigenvalue weighted by atomic mass is 32.5. The van der Waals surface area contributed by atoms with Crippen LogP contribution in [0.2, 0.25) is 0 Å². The summed E-state index contributed by atoms with van der Waals surface area (Å²) in [4.78, 5) is 74.2. The zero-order chi connectivity index (χ0) is 44.3. The Morgan fingerprint density at radius 1 is 1.06 bits per heavy atom. The van der Waals surface area contributed by atoms with E-state index in [2.05, 4.69) is 35.2 Å². The quantitative estimate of drug-likeness (QED) is 0.103. The SMILES string of the molecule is CC(C)C(=O)Nc1nc2c(ncn2[C@@H]2O[C@@H]3COP(O)(=S)O[C@H]4[C@H]5OC[C@@]4(COP(=S)(OCCC#N)O[C@H]3[C@H]2F)O[C@H]5n2cnc3c(CC(=O)c4ccccc4)ncnc32)c(=O)[nH]1. The van der Waals surface area contributed by atoms with Gasteiger partial charge in [-0.1, -0.05) is 44.2 Å². The van der Waals surface area contributed by atoms with Crippen molar-refractivity contribution < 1.29 is 55.7 Å². The van der Waals surface area contributed by atoms with Gasteiger partial charge in [-0.05, 0) is 23.6 Å². The number of H-pyrrole nitrogens is 1. The molecule has 1 aromatic carbocycles. The molecule has 0 saturated carbocycles. The Morgan fingerprint density at radius 2 is 1.83 bits per heavy atom. The van der Waals surface area contributed by atoms with Gasteiger partial charge in [0.1, 0.15) is 41.9 Å². The molecule has 27 heteroatoms. The number of anilines is 1. The molecule has 4 aliphatic heterocycles. The first-order chi connectivity index (χ1) is 30.2. The normalized spacial score (nSPS) is 31.9. The van der Waals surface area contributed by atoms with Gasteiger partial charge in [0.15, 0.2) is 41.2 Å². The third-order valence-electron chi connectivity index (χ3n) is 10.7. The topological polar surface area (TPSA) is 271 Å². The zero-order valence-corrected chi connectivity index (χ0v) is 36.5. The highest BCUT2D eigenvalue weighted by Gasteiger charge is 2.65. The average molecular weight is 947 g/mol. The average Bonchev–Trinajstić information content (AvgIpc) is 4.08. The molecule has 10 atom stereocenters. The number of Topliss-reactive ketones (excluding diaryl/α,β-unsaturated/α-hetero) is 1. The second-order valence-electron chi connectivity index (χ2n) is 15.2. The lowest BCUT2D eigenvalue weighted by Crippen LogP contribution is -2.46. The summed E-state index contributed by atoms with van der Waals surface area (Å²) >= 11 is 11.3. The number of nitrogens with zero attached hydrogens (tertiary/aromatic N) is 8. The minimum atomic E-state index is -4.26. The molecule has 0 radical (unpaired) electrons. The van der Waals surface area contributed by atoms with Crippen LogP contribution in [-0.4, -0.2) is 118 Å². The van der Waals surface area contributed by atoms with Crippen molar-refractivity contribution in [3.8, 4) is 6.07 Å². The van der Waals surface area contributed by atoms with Crippen LogP contribution in [0.3, 0.4) is 0 Å². The molecule has 4 fully saturated rings. The first kappa shape index (κ1) is 43.9. The summed E-state index contributed by atoms with van der Waals surface area (Å²) in [7, 11) is 0. The molecule has 0 aliphatic carbocycles. The predicted octanol–water partition coefficient (Wildman–Crippen LogP) is 3.07. The molecule has 1 amide bonds. The summed E-state index contributed by atoms with van der Waals surface area (Å²) in [6.07, 6.45) is -6.18. The Kier molecular flexibility index (Phi) is 12.0. The highest BCUT2D eigenvalue weighted by Crippen LogP contribution is 2.60. The number of halogens is 1. The second kappa shape index (κ2) is 17.2. The lowest BCUT2D eigenvalue weighted by atomic mass is 10.0. The van der Waals surface area contributed by atoms with E-state index in [1.807, 2.05) is 12.1 Å². The van der Waals surface area contributed by atoms with Gasteiger partial charge in [-0.25, -0.2) is 24.3 Å². The molecule has 9 rings (SSSR count). The summed E-state index contributed by atoms with van der Waals surface area (Å²) in [6.45, 7) is -6.52. The number of amides is 1. The molecule has 8 heterocycles. The van der Waals surface area contributed by atoms with E-state index in [-0.39, 0.29) is 49.0 Å². The Balaban J connectivity index is 1.01. The molecule has 22 nitrogen and oxygen atoms in total. The number of nitrogens with one attached hydrogen (secondary N) is 2. The summed E-state index contributed by atoms with van der Waals surface area (Å²) in [6, 6.07) is 10.7. The van der Waals surface area contributed by atoms with Crippen molar-refractivity contribution in [2.24, 2.45) is 5.92 Å². The van der Waals surface area contributed by atoms with Gasteiger partial charge in [-0.2, -0.15) is 10.2 Å². The second-order valence-corrected chi connectivity index (χ2v) is 20.9. The Bertz CT molecular complexity index is 2790. The maximum absolute atomic E-state index is 16.9. The van der Waals surface area contributed by atoms with Crippen molar-refractivity contribution in [3.05, 3.63) is 70.9 Å². The number of alkyl halides is 1. The van der Waals surface area contributed by atoms with Gasteiger partial charge in [0.25, 0.3) is 5.56 Å². The number of aromatic amines is 1. The Labute approximate surface area is 365 Å². The highest BCUT2D eigenvalue weighted by molar-refractivity contribution is 8.07. The fraction of sp³-hybridized carbons (Fsp3) is 0.472. The van der Waals surface area contributed by atoms with Gasteiger partial charge in [-0.3, -0.25) is 42.9 Å². The minimum Gasteiger partial charge on any atom is -0.367 e. The monoisotopic (exact) mass is 946 g/mol. The van der Waals surface area contributed by atoms with Gasteiger partial charge < -0.3 is 32.7 Å². The molecular formula is C36H37FN10O12P2S2. The fourth-order valence-corrected chi connectivity index (χ4v) is 11.1. The fourth-order valence-electron chi connectivity index (χ4n) is 7.56. The van der Waals surface area contributed by atoms with Crippen LogP contribution in [-0.2, 0) is 71.7 Å². The van der Waals surface area contributed by atoms with E-state index in [0.29, 0.717) is 22.4 Å². The number of ketones is 1. The molecule has 2 unspecified atom stereocenters. The summed E-state index contributed by atoms with van der Waals surface area (Å²) in [5.41, 5.74) is -1.07. The number of hydrogen-bond acceptors (Lipinski definition) is 19. The molecule has 4 aliphatic rings. The molecule has 3 N–H and O–H groups in total. The molecule has 332 valence electrons. The Hall–Kier alpha value is -4.38. The summed E-state index contributed by atoms with van der Waals surface area (Å²) < 4.78 is 69.0. The van der Waals surface area contributed by atoms with Crippen LogP contribution in [0.4, 0.5) is 10.3 Å². The maximum Gasteiger partial charge on any atom is 0.327 e. The number of fused-ring (bicyclic) bond motifs is 3. The largest absolute Gasteiger partial charge is 0.367 e. The minimum absolute atomic E-state index is 0.0585. The van der Waals surface area contributed by atoms with Crippen LogP contribution in [0.5, 0.6) is 0 Å². The number of carbonyl (C=O) groups is 2. The van der Waals surface area contributed by atoms with Crippen LogP contribution in [0.25, 0.3) is 22.3 Å². The van der Waals surface area contributed by atoms with Crippen molar-refractivity contribution in [2.45, 2.75) is 75.3 Å². The summed E-state index contributed by atoms with van der Waals surface area (Å²) in [5.74, 6) is -1.27. The van der Waals surface area contributed by atoms with Crippen molar-refractivity contribution in [1.29, 1.82) is 5.26 Å². The van der Waals surface area contributed by atoms with E-state index in [0.717, 1.165) is 10.9 Å². The third kappa shape index (κ3) is 8.41. The number of rotatable bonds is 10. The molecule has 63 heavy (non-hydrogen) atoms. The number of hydrogen-bond donors (Lipinski definition) is 3. The van der Waals surface area contributed by atoms with E-state index in [1.165, 1.54) is 12.7 Å². The number of ether oxygens (including phenoxy) is 3. The van der Waals surface area contributed by atoms with Crippen molar-refractivity contribution in [1.82, 2.24) is 39.0 Å².